The first-order chi connectivity index (χ1) is 21.5. The van der Waals surface area contributed by atoms with Gasteiger partial charge in [0, 0.05) is 18.0 Å². The van der Waals surface area contributed by atoms with Gasteiger partial charge in [-0.15, -0.1) is 0 Å². The number of Topliss-reactive ketones (excluding diaryl/α,β-unsaturated/α-hetero) is 1. The van der Waals surface area contributed by atoms with Gasteiger partial charge in [0.1, 0.15) is 10.3 Å². The number of benzene rings is 1. The van der Waals surface area contributed by atoms with Gasteiger partial charge < -0.3 is 4.79 Å². The minimum atomic E-state index is -0.280. The van der Waals surface area contributed by atoms with Crippen molar-refractivity contribution in [2.24, 2.45) is 17.8 Å². The highest BCUT2D eigenvalue weighted by Gasteiger charge is 2.32. The van der Waals surface area contributed by atoms with Gasteiger partial charge in [0.25, 0.3) is 0 Å². The molecule has 0 amide bonds. The van der Waals surface area contributed by atoms with E-state index in [4.69, 9.17) is 9.97 Å². The standard InChI is InChI=1S/C39H49BN2O2S/c1-7-23(2)19-32(20-24(3)25(4)28-12-10-13-28)29-15-17-30(18-16-29)33(22-36(40)43)26(5)27(6)37(44)39-42-35-21-31-11-8-9-14-34(31)41-38(35)45-39/h15-21,26-28,33H,7-14,22,40H2,1-6H3/b23-19+,25-24+,32-20+/t26?,27?,33-/m0/s1. The van der Waals surface area contributed by atoms with Gasteiger partial charge in [-0.25, -0.2) is 9.97 Å². The maximum absolute atomic E-state index is 13.8. The molecule has 2 aromatic heterocycles. The number of ketones is 1. The Bertz CT molecular complexity index is 1610. The first-order valence-corrected chi connectivity index (χ1v) is 17.9. The molecule has 0 N–H and O–H groups in total. The number of fused-ring (bicyclic) bond motifs is 2. The third-order valence-corrected chi connectivity index (χ3v) is 11.5. The van der Waals surface area contributed by atoms with E-state index in [9.17, 15) is 9.59 Å². The Balaban J connectivity index is 1.40. The summed E-state index contributed by atoms with van der Waals surface area (Å²) in [7, 11) is 1.65. The maximum atomic E-state index is 13.8. The van der Waals surface area contributed by atoms with E-state index in [-0.39, 0.29) is 29.2 Å². The van der Waals surface area contributed by atoms with Crippen LogP contribution in [0, 0.1) is 17.8 Å². The van der Waals surface area contributed by atoms with E-state index >= 15 is 0 Å². The number of aryl methyl sites for hydroxylation is 2. The number of carbonyl (C=O) groups excluding carboxylic acids is 2. The highest BCUT2D eigenvalue weighted by molar-refractivity contribution is 7.19. The van der Waals surface area contributed by atoms with Crippen LogP contribution in [-0.2, 0) is 17.6 Å². The summed E-state index contributed by atoms with van der Waals surface area (Å²) in [6.45, 7) is 13.0. The fraction of sp³-hybridized carbons (Fsp3) is 0.487. The van der Waals surface area contributed by atoms with Gasteiger partial charge in [-0.3, -0.25) is 4.79 Å². The molecule has 5 rings (SSSR count). The molecule has 236 valence electrons. The quantitative estimate of drug-likeness (QED) is 0.115. The molecule has 2 aliphatic rings. The molecular formula is C39H49BN2O2S. The normalized spacial score (nSPS) is 18.5. The summed E-state index contributed by atoms with van der Waals surface area (Å²) in [5.41, 5.74) is 11.1. The van der Waals surface area contributed by atoms with E-state index in [0.717, 1.165) is 41.1 Å². The van der Waals surface area contributed by atoms with Crippen molar-refractivity contribution < 1.29 is 9.59 Å². The average Bonchev–Trinajstić information content (AvgIpc) is 3.43. The Morgan fingerprint density at radius 2 is 1.71 bits per heavy atom. The van der Waals surface area contributed by atoms with Gasteiger partial charge in [-0.1, -0.05) is 91.7 Å². The summed E-state index contributed by atoms with van der Waals surface area (Å²) in [4.78, 5) is 36.8. The van der Waals surface area contributed by atoms with E-state index < -0.39 is 0 Å². The van der Waals surface area contributed by atoms with Crippen LogP contribution >= 0.6 is 11.3 Å². The predicted molar refractivity (Wildman–Crippen MR) is 192 cm³/mol. The molecule has 3 aromatic rings. The van der Waals surface area contributed by atoms with Crippen molar-refractivity contribution in [2.45, 2.75) is 105 Å². The third-order valence-electron chi connectivity index (χ3n) is 10.6. The van der Waals surface area contributed by atoms with Gasteiger partial charge in [0.15, 0.2) is 18.6 Å². The molecule has 1 aromatic carbocycles. The van der Waals surface area contributed by atoms with Crippen molar-refractivity contribution in [1.29, 1.82) is 0 Å². The summed E-state index contributed by atoms with van der Waals surface area (Å²) < 4.78 is 0. The predicted octanol–water partition coefficient (Wildman–Crippen LogP) is 9.23. The zero-order valence-corrected chi connectivity index (χ0v) is 29.2. The van der Waals surface area contributed by atoms with Crippen LogP contribution in [0.25, 0.3) is 15.9 Å². The lowest BCUT2D eigenvalue weighted by molar-refractivity contribution is -0.112. The molecule has 1 saturated carbocycles. The van der Waals surface area contributed by atoms with Crippen molar-refractivity contribution in [2.75, 3.05) is 0 Å². The van der Waals surface area contributed by atoms with E-state index in [1.54, 1.807) is 7.85 Å². The molecule has 0 spiro atoms. The Morgan fingerprint density at radius 1 is 1.00 bits per heavy atom. The number of allylic oxidation sites excluding steroid dienone is 6. The van der Waals surface area contributed by atoms with Crippen LogP contribution in [0.1, 0.15) is 125 Å². The number of rotatable bonds is 12. The lowest BCUT2D eigenvalue weighted by atomic mass is 9.73. The second-order valence-electron chi connectivity index (χ2n) is 13.7. The van der Waals surface area contributed by atoms with Crippen molar-refractivity contribution in [1.82, 2.24) is 9.97 Å². The van der Waals surface area contributed by atoms with E-state index in [1.165, 1.54) is 82.6 Å². The highest BCUT2D eigenvalue weighted by atomic mass is 32.1. The molecule has 45 heavy (non-hydrogen) atoms. The van der Waals surface area contributed by atoms with Crippen molar-refractivity contribution >= 4 is 46.6 Å². The molecule has 2 unspecified atom stereocenters. The second-order valence-corrected chi connectivity index (χ2v) is 14.7. The minimum Gasteiger partial charge on any atom is -0.312 e. The Kier molecular flexibility index (Phi) is 10.7. The first kappa shape index (κ1) is 33.3. The highest BCUT2D eigenvalue weighted by Crippen LogP contribution is 2.38. The Labute approximate surface area is 274 Å². The van der Waals surface area contributed by atoms with Gasteiger partial charge in [0.05, 0.1) is 5.68 Å². The third kappa shape index (κ3) is 7.65. The molecule has 0 aliphatic heterocycles. The molecule has 6 heteroatoms. The molecule has 4 nitrogen and oxygen atoms in total. The molecule has 0 radical (unpaired) electrons. The summed E-state index contributed by atoms with van der Waals surface area (Å²) in [5.74, 6) is 0.398. The SMILES string of the molecule is BC(=O)C[C@H](c1ccc(C(/C=C(\C)CC)=C/C(C)=C(\C)C2CCC2)cc1)C(C)C(C)C(=O)c1nc2cc3c(nc2s1)CCCC3. The van der Waals surface area contributed by atoms with E-state index in [0.29, 0.717) is 11.4 Å². The average molecular weight is 621 g/mol. The Morgan fingerprint density at radius 3 is 2.36 bits per heavy atom. The van der Waals surface area contributed by atoms with Gasteiger partial charge in [0.2, 0.25) is 0 Å². The number of pyridine rings is 1. The van der Waals surface area contributed by atoms with Crippen molar-refractivity contribution in [3.63, 3.8) is 0 Å². The minimum absolute atomic E-state index is 0.0343. The van der Waals surface area contributed by atoms with Crippen molar-refractivity contribution in [3.05, 3.63) is 86.6 Å². The fourth-order valence-electron chi connectivity index (χ4n) is 6.79. The number of thiazole rings is 1. The van der Waals surface area contributed by atoms with Crippen LogP contribution in [0.3, 0.4) is 0 Å². The number of hydrogen-bond donors (Lipinski definition) is 0. The van der Waals surface area contributed by atoms with Crippen LogP contribution in [0.2, 0.25) is 0 Å². The van der Waals surface area contributed by atoms with Crippen LogP contribution in [0.15, 0.2) is 59.2 Å². The van der Waals surface area contributed by atoms with Crippen LogP contribution in [0.4, 0.5) is 0 Å². The largest absolute Gasteiger partial charge is 0.312 e. The monoisotopic (exact) mass is 620 g/mol. The second kappa shape index (κ2) is 14.5. The van der Waals surface area contributed by atoms with Crippen LogP contribution < -0.4 is 0 Å². The summed E-state index contributed by atoms with van der Waals surface area (Å²) in [6, 6.07) is 10.9. The molecule has 2 heterocycles. The lowest BCUT2D eigenvalue weighted by Gasteiger charge is -2.28. The molecular weight excluding hydrogens is 571 g/mol. The topological polar surface area (TPSA) is 59.9 Å². The van der Waals surface area contributed by atoms with E-state index in [2.05, 4.69) is 77.1 Å². The molecule has 0 saturated heterocycles. The van der Waals surface area contributed by atoms with Gasteiger partial charge >= 0.3 is 0 Å². The molecule has 0 bridgehead atoms. The number of nitrogens with zero attached hydrogens (tertiary/aromatic N) is 2. The Hall–Kier alpha value is -3.12. The smallest absolute Gasteiger partial charge is 0.194 e. The first-order valence-electron chi connectivity index (χ1n) is 17.0. The summed E-state index contributed by atoms with van der Waals surface area (Å²) in [6.07, 6.45) is 14.4. The summed E-state index contributed by atoms with van der Waals surface area (Å²) in [5, 5.41) is 0.532. The van der Waals surface area contributed by atoms with Crippen LogP contribution in [0.5, 0.6) is 0 Å². The zero-order chi connectivity index (χ0) is 32.2. The van der Waals surface area contributed by atoms with Gasteiger partial charge in [-0.2, -0.15) is 0 Å². The number of aromatic nitrogens is 2. The van der Waals surface area contributed by atoms with E-state index in [1.807, 2.05) is 6.92 Å². The number of carbonyl (C=O) groups is 2. The summed E-state index contributed by atoms with van der Waals surface area (Å²) >= 11 is 1.42. The number of hydrogen-bond acceptors (Lipinski definition) is 5. The molecule has 2 aliphatic carbocycles. The molecule has 3 atom stereocenters. The van der Waals surface area contributed by atoms with Gasteiger partial charge in [-0.05, 0) is 112 Å². The van der Waals surface area contributed by atoms with Crippen LogP contribution in [-0.4, -0.2) is 29.3 Å². The zero-order valence-electron chi connectivity index (χ0n) is 28.3. The van der Waals surface area contributed by atoms with Crippen molar-refractivity contribution in [3.8, 4) is 0 Å². The molecule has 1 fully saturated rings. The maximum Gasteiger partial charge on any atom is 0.194 e. The lowest BCUT2D eigenvalue weighted by Crippen LogP contribution is -2.26. The fourth-order valence-corrected chi connectivity index (χ4v) is 7.77.